The molecule has 0 saturated heterocycles. The van der Waals surface area contributed by atoms with Crippen LogP contribution in [0.2, 0.25) is 0 Å². The van der Waals surface area contributed by atoms with E-state index in [2.05, 4.69) is 9.47 Å². The number of cyclic esters (lactones) is 2. The first-order valence-corrected chi connectivity index (χ1v) is 6.35. The molecule has 4 atom stereocenters. The Balaban J connectivity index is -0.000000384. The Hall–Kier alpha value is -2.00. The van der Waals surface area contributed by atoms with Crippen molar-refractivity contribution in [3.8, 4) is 0 Å². The number of aliphatic hydroxyl groups is 6. The summed E-state index contributed by atoms with van der Waals surface area (Å²) in [6, 6.07) is 0. The molecule has 10 N–H and O–H groups in total. The van der Waals surface area contributed by atoms with E-state index in [0.717, 1.165) is 0 Å². The fourth-order valence-electron chi connectivity index (χ4n) is 1.62. The molecule has 27 heavy (non-hydrogen) atoms. The normalized spacial score (nSPS) is 23.0. The van der Waals surface area contributed by atoms with Crippen molar-refractivity contribution < 1.29 is 90.3 Å². The van der Waals surface area contributed by atoms with Gasteiger partial charge in [-0.2, -0.15) is 0 Å². The van der Waals surface area contributed by atoms with Gasteiger partial charge in [0, 0.05) is 5.76 Å². The van der Waals surface area contributed by atoms with Gasteiger partial charge in [0.25, 0.3) is 0 Å². The van der Waals surface area contributed by atoms with Gasteiger partial charge in [-0.25, -0.2) is 9.59 Å². The number of hydrogen-bond donors (Lipinski definition) is 6. The molecule has 4 unspecified atom stereocenters. The molecule has 2 heterocycles. The predicted octanol–water partition coefficient (Wildman–Crippen LogP) is -6.86. The topological polar surface area (TPSA) is 283 Å². The van der Waals surface area contributed by atoms with Crippen molar-refractivity contribution in [2.75, 3.05) is 13.2 Å². The van der Waals surface area contributed by atoms with Crippen LogP contribution in [0.25, 0.3) is 0 Å². The van der Waals surface area contributed by atoms with Crippen molar-refractivity contribution in [1.82, 2.24) is 0 Å². The summed E-state index contributed by atoms with van der Waals surface area (Å²) in [4.78, 5) is 21.0. The molecule has 0 radical (unpaired) electrons. The molecular weight excluding hydrogens is 434 g/mol. The van der Waals surface area contributed by atoms with Crippen LogP contribution < -0.4 is 10.2 Å². The Kier molecular flexibility index (Phi) is 13.7. The largest absolute Gasteiger partial charge is 2.00 e. The molecule has 0 aromatic heterocycles. The van der Waals surface area contributed by atoms with Crippen molar-refractivity contribution in [3.63, 3.8) is 0 Å². The Bertz CT molecular complexity index is 522. The molecule has 2 aliphatic heterocycles. The maximum absolute atomic E-state index is 10.8. The average molecular weight is 452 g/mol. The molecule has 0 amide bonds. The molecule has 15 heteroatoms. The minimum atomic E-state index is -1.48. The number of ether oxygens (including phenoxy) is 2. The molecule has 0 aromatic carbocycles. The maximum Gasteiger partial charge on any atom is 2.00 e. The van der Waals surface area contributed by atoms with Gasteiger partial charge in [-0.15, -0.1) is 0 Å². The van der Waals surface area contributed by atoms with E-state index in [1.165, 1.54) is 0 Å². The van der Waals surface area contributed by atoms with Crippen LogP contribution in [0.4, 0.5) is 0 Å². The third kappa shape index (κ3) is 6.59. The van der Waals surface area contributed by atoms with E-state index in [4.69, 9.17) is 30.6 Å². The van der Waals surface area contributed by atoms with E-state index in [9.17, 15) is 19.8 Å². The zero-order valence-corrected chi connectivity index (χ0v) is 16.5. The van der Waals surface area contributed by atoms with Crippen molar-refractivity contribution in [3.05, 3.63) is 23.0 Å². The molecule has 0 saturated carbocycles. The summed E-state index contributed by atoms with van der Waals surface area (Å²) in [5.74, 6) is -6.45. The van der Waals surface area contributed by atoms with Crippen LogP contribution in [-0.4, -0.2) is 91.2 Å². The monoisotopic (exact) mass is 450 g/mol. The Morgan fingerprint density at radius 2 is 1.30 bits per heavy atom. The summed E-state index contributed by atoms with van der Waals surface area (Å²) in [7, 11) is 0. The Labute approximate surface area is 163 Å². The van der Waals surface area contributed by atoms with E-state index >= 15 is 0 Å². The van der Waals surface area contributed by atoms with E-state index < -0.39 is 72.6 Å². The molecule has 2 aliphatic rings. The van der Waals surface area contributed by atoms with E-state index in [1.807, 2.05) is 0 Å². The molecule has 0 spiro atoms. The number of rotatable bonds is 4. The smallest absolute Gasteiger partial charge is 0.870 e. The number of aliphatic hydroxyl groups excluding tert-OH is 6. The van der Waals surface area contributed by atoms with Crippen molar-refractivity contribution in [2.24, 2.45) is 0 Å². The molecule has 0 bridgehead atoms. The van der Waals surface area contributed by atoms with Gasteiger partial charge in [0.05, 0.1) is 13.2 Å². The summed E-state index contributed by atoms with van der Waals surface area (Å²) >= 11 is 0. The van der Waals surface area contributed by atoms with E-state index in [1.54, 1.807) is 0 Å². The fraction of sp³-hybridized carbons (Fsp3) is 0.500. The number of esters is 2. The van der Waals surface area contributed by atoms with Crippen LogP contribution in [-0.2, 0) is 38.5 Å². The van der Waals surface area contributed by atoms with Gasteiger partial charge >= 0.3 is 31.4 Å². The van der Waals surface area contributed by atoms with Crippen LogP contribution in [0.5, 0.6) is 0 Å². The minimum Gasteiger partial charge on any atom is -0.870 e. The molecular formula is C12H18O14Zn. The van der Waals surface area contributed by atoms with Crippen LogP contribution in [0.15, 0.2) is 23.0 Å². The SMILES string of the molecule is O.O.O=C1OC(C(O)CO)C(O)=C1[O-].O=C1OC(C(O)CO)C([O-])=C1O.[Zn+2]. The number of carbonyl (C=O) groups excluding carboxylic acids is 2. The van der Waals surface area contributed by atoms with E-state index in [-0.39, 0.29) is 30.4 Å². The summed E-state index contributed by atoms with van der Waals surface area (Å²) < 4.78 is 8.51. The zero-order chi connectivity index (χ0) is 18.6. The summed E-state index contributed by atoms with van der Waals surface area (Å²) in [5, 5.41) is 73.6. The van der Waals surface area contributed by atoms with Crippen LogP contribution >= 0.6 is 0 Å². The van der Waals surface area contributed by atoms with Crippen LogP contribution in [0, 0.1) is 0 Å². The van der Waals surface area contributed by atoms with Crippen molar-refractivity contribution in [1.29, 1.82) is 0 Å². The first-order chi connectivity index (χ1) is 11.1. The quantitative estimate of drug-likeness (QED) is 0.172. The standard InChI is InChI=1S/2C6H8O6.2H2O.Zn/c2*7-1-2(8)5-3(9)4(10)6(11)12-5;;;/h2*2,5,7-10H,1H2;2*1H2;/q;;;;+2/p-2. The van der Waals surface area contributed by atoms with Gasteiger partial charge in [-0.05, 0) is 5.76 Å². The van der Waals surface area contributed by atoms with Gasteiger partial charge < -0.3 is 61.3 Å². The van der Waals surface area contributed by atoms with Gasteiger partial charge in [-0.3, -0.25) is 0 Å². The second kappa shape index (κ2) is 12.4. The second-order valence-electron chi connectivity index (χ2n) is 4.58. The molecule has 0 aromatic rings. The van der Waals surface area contributed by atoms with Gasteiger partial charge in [0.2, 0.25) is 0 Å². The first-order valence-electron chi connectivity index (χ1n) is 6.35. The number of hydrogen-bond acceptors (Lipinski definition) is 12. The third-order valence-electron chi connectivity index (χ3n) is 2.91. The molecule has 0 aliphatic carbocycles. The Morgan fingerprint density at radius 1 is 0.889 bits per heavy atom. The summed E-state index contributed by atoms with van der Waals surface area (Å²) in [6.07, 6.45) is -5.83. The zero-order valence-electron chi connectivity index (χ0n) is 13.6. The van der Waals surface area contributed by atoms with Gasteiger partial charge in [0.1, 0.15) is 24.1 Å². The van der Waals surface area contributed by atoms with Crippen molar-refractivity contribution in [2.45, 2.75) is 24.4 Å². The Morgan fingerprint density at radius 3 is 1.59 bits per heavy atom. The fourth-order valence-corrected chi connectivity index (χ4v) is 1.62. The predicted molar refractivity (Wildman–Crippen MR) is 72.5 cm³/mol. The summed E-state index contributed by atoms with van der Waals surface area (Å²) in [6.45, 7) is -1.41. The average Bonchev–Trinajstić information content (AvgIpc) is 2.98. The molecule has 2 rings (SSSR count). The van der Waals surface area contributed by atoms with Gasteiger partial charge in [0.15, 0.2) is 11.9 Å². The molecule has 0 fully saturated rings. The van der Waals surface area contributed by atoms with E-state index in [0.29, 0.717) is 0 Å². The van der Waals surface area contributed by atoms with Crippen molar-refractivity contribution >= 4 is 11.9 Å². The first kappa shape index (κ1) is 29.8. The minimum absolute atomic E-state index is 0. The number of carbonyl (C=O) groups is 2. The van der Waals surface area contributed by atoms with Crippen LogP contribution in [0.1, 0.15) is 0 Å². The third-order valence-corrected chi connectivity index (χ3v) is 2.91. The molecule has 152 valence electrons. The molecule has 14 nitrogen and oxygen atoms in total. The maximum atomic E-state index is 10.8. The second-order valence-corrected chi connectivity index (χ2v) is 4.58. The van der Waals surface area contributed by atoms with Gasteiger partial charge in [-0.1, -0.05) is 0 Å². The van der Waals surface area contributed by atoms with Crippen LogP contribution in [0.3, 0.4) is 0 Å². The summed E-state index contributed by atoms with van der Waals surface area (Å²) in [5.41, 5.74) is 0.